The molecule has 158 valence electrons. The Hall–Kier alpha value is -2.62. The highest BCUT2D eigenvalue weighted by molar-refractivity contribution is 6.31. The Bertz CT molecular complexity index is 1160. The number of halogens is 5. The average molecular weight is 459 g/mol. The quantitative estimate of drug-likeness (QED) is 0.596. The van der Waals surface area contributed by atoms with Crippen LogP contribution < -0.4 is 10.9 Å². The normalized spacial score (nSPS) is 11.8. The summed E-state index contributed by atoms with van der Waals surface area (Å²) in [5.74, 6) is -0.227. The lowest BCUT2D eigenvalue weighted by molar-refractivity contribution is -0.137. The van der Waals surface area contributed by atoms with Gasteiger partial charge in [-0.3, -0.25) is 14.5 Å². The van der Waals surface area contributed by atoms with Gasteiger partial charge >= 0.3 is 6.18 Å². The molecule has 0 bridgehead atoms. The standard InChI is InChI=1S/C19H15Cl2F3N4O2/c1-28(8-16-26-15-6-10(20)2-4-12(15)18(30)27-16)9-17(29)25-11-3-5-14(21)13(7-11)19(22,23)24/h2-7H,8-9H2,1H3,(H,25,29)(H,26,27,30). The Labute approximate surface area is 178 Å². The third kappa shape index (κ3) is 5.29. The van der Waals surface area contributed by atoms with Gasteiger partial charge in [0.25, 0.3) is 5.56 Å². The monoisotopic (exact) mass is 458 g/mol. The topological polar surface area (TPSA) is 78.1 Å². The van der Waals surface area contributed by atoms with Crippen LogP contribution in [0.2, 0.25) is 10.0 Å². The minimum absolute atomic E-state index is 0.0306. The molecule has 11 heteroatoms. The molecule has 6 nitrogen and oxygen atoms in total. The number of hydrogen-bond donors (Lipinski definition) is 2. The van der Waals surface area contributed by atoms with Crippen LogP contribution in [0.15, 0.2) is 41.2 Å². The molecular weight excluding hydrogens is 444 g/mol. The van der Waals surface area contributed by atoms with Crippen LogP contribution in [0.1, 0.15) is 11.4 Å². The Morgan fingerprint density at radius 2 is 1.93 bits per heavy atom. The zero-order chi connectivity index (χ0) is 22.1. The van der Waals surface area contributed by atoms with E-state index in [0.717, 1.165) is 12.1 Å². The van der Waals surface area contributed by atoms with Gasteiger partial charge in [-0.1, -0.05) is 23.2 Å². The van der Waals surface area contributed by atoms with Gasteiger partial charge in [-0.05, 0) is 43.4 Å². The van der Waals surface area contributed by atoms with Crippen molar-refractivity contribution in [3.05, 3.63) is 68.2 Å². The number of aromatic nitrogens is 2. The van der Waals surface area contributed by atoms with Crippen molar-refractivity contribution in [3.63, 3.8) is 0 Å². The van der Waals surface area contributed by atoms with Crippen molar-refractivity contribution < 1.29 is 18.0 Å². The minimum atomic E-state index is -4.63. The molecule has 0 aliphatic carbocycles. The van der Waals surface area contributed by atoms with Crippen molar-refractivity contribution in [3.8, 4) is 0 Å². The fourth-order valence-electron chi connectivity index (χ4n) is 2.81. The number of carbonyl (C=O) groups excluding carboxylic acids is 1. The molecule has 0 unspecified atom stereocenters. The van der Waals surface area contributed by atoms with Crippen LogP contribution in [0.4, 0.5) is 18.9 Å². The zero-order valence-electron chi connectivity index (χ0n) is 15.5. The number of fused-ring (bicyclic) bond motifs is 1. The zero-order valence-corrected chi connectivity index (χ0v) is 17.0. The highest BCUT2D eigenvalue weighted by atomic mass is 35.5. The Morgan fingerprint density at radius 3 is 2.63 bits per heavy atom. The van der Waals surface area contributed by atoms with E-state index in [1.165, 1.54) is 6.07 Å². The second-order valence-electron chi connectivity index (χ2n) is 6.59. The lowest BCUT2D eigenvalue weighted by Crippen LogP contribution is -2.31. The van der Waals surface area contributed by atoms with Crippen LogP contribution in [0.25, 0.3) is 10.9 Å². The molecule has 1 heterocycles. The number of likely N-dealkylation sites (N-methyl/N-ethyl adjacent to an activating group) is 1. The number of nitrogens with one attached hydrogen (secondary N) is 2. The lowest BCUT2D eigenvalue weighted by Gasteiger charge is -2.16. The summed E-state index contributed by atoms with van der Waals surface area (Å²) in [4.78, 5) is 32.9. The van der Waals surface area contributed by atoms with E-state index in [0.29, 0.717) is 21.7 Å². The van der Waals surface area contributed by atoms with Gasteiger partial charge in [-0.25, -0.2) is 4.98 Å². The number of nitrogens with zero attached hydrogens (tertiary/aromatic N) is 2. The van der Waals surface area contributed by atoms with Crippen LogP contribution in [0.5, 0.6) is 0 Å². The summed E-state index contributed by atoms with van der Waals surface area (Å²) < 4.78 is 38.8. The number of rotatable bonds is 5. The van der Waals surface area contributed by atoms with Crippen molar-refractivity contribution in [2.45, 2.75) is 12.7 Å². The smallest absolute Gasteiger partial charge is 0.325 e. The van der Waals surface area contributed by atoms with E-state index >= 15 is 0 Å². The summed E-state index contributed by atoms with van der Waals surface area (Å²) in [5, 5.41) is 2.76. The molecule has 0 atom stereocenters. The van der Waals surface area contributed by atoms with Crippen molar-refractivity contribution in [2.24, 2.45) is 0 Å². The fourth-order valence-corrected chi connectivity index (χ4v) is 3.20. The second kappa shape index (κ2) is 8.63. The summed E-state index contributed by atoms with van der Waals surface area (Å²) in [6, 6.07) is 7.82. The molecule has 0 radical (unpaired) electrons. The van der Waals surface area contributed by atoms with E-state index in [-0.39, 0.29) is 24.3 Å². The highest BCUT2D eigenvalue weighted by Crippen LogP contribution is 2.36. The van der Waals surface area contributed by atoms with Gasteiger partial charge in [-0.2, -0.15) is 13.2 Å². The van der Waals surface area contributed by atoms with E-state index in [2.05, 4.69) is 15.3 Å². The van der Waals surface area contributed by atoms with Gasteiger partial charge in [0, 0.05) is 10.7 Å². The molecule has 0 saturated carbocycles. The molecule has 1 amide bonds. The van der Waals surface area contributed by atoms with Crippen LogP contribution in [0, 0.1) is 0 Å². The molecule has 3 aromatic rings. The fraction of sp³-hybridized carbons (Fsp3) is 0.211. The lowest BCUT2D eigenvalue weighted by atomic mass is 10.2. The number of H-pyrrole nitrogens is 1. The summed E-state index contributed by atoms with van der Waals surface area (Å²) in [5.41, 5.74) is -0.991. The number of amides is 1. The number of carbonyl (C=O) groups is 1. The van der Waals surface area contributed by atoms with Gasteiger partial charge in [0.15, 0.2) is 0 Å². The SMILES string of the molecule is CN(CC(=O)Nc1ccc(Cl)c(C(F)(F)F)c1)Cc1nc2cc(Cl)ccc2c(=O)[nH]1. The van der Waals surface area contributed by atoms with Crippen LogP contribution in [-0.4, -0.2) is 34.4 Å². The number of anilines is 1. The van der Waals surface area contributed by atoms with Gasteiger partial charge < -0.3 is 10.3 Å². The first-order chi connectivity index (χ1) is 14.0. The number of hydrogen-bond acceptors (Lipinski definition) is 4. The molecule has 0 aliphatic rings. The molecule has 30 heavy (non-hydrogen) atoms. The maximum Gasteiger partial charge on any atom is 0.417 e. The van der Waals surface area contributed by atoms with Crippen LogP contribution >= 0.6 is 23.2 Å². The summed E-state index contributed by atoms with van der Waals surface area (Å²) in [7, 11) is 1.60. The van der Waals surface area contributed by atoms with E-state index in [4.69, 9.17) is 23.2 Å². The predicted molar refractivity (Wildman–Crippen MR) is 109 cm³/mol. The summed E-state index contributed by atoms with van der Waals surface area (Å²) >= 11 is 11.5. The van der Waals surface area contributed by atoms with Crippen LogP contribution in [-0.2, 0) is 17.5 Å². The summed E-state index contributed by atoms with van der Waals surface area (Å²) in [6.45, 7) is -0.0270. The first kappa shape index (κ1) is 22.1. The summed E-state index contributed by atoms with van der Waals surface area (Å²) in [6.07, 6.45) is -4.63. The van der Waals surface area contributed by atoms with Gasteiger partial charge in [0.2, 0.25) is 5.91 Å². The molecule has 0 aliphatic heterocycles. The molecule has 0 saturated heterocycles. The second-order valence-corrected chi connectivity index (χ2v) is 7.43. The van der Waals surface area contributed by atoms with Crippen molar-refractivity contribution in [2.75, 3.05) is 18.9 Å². The maximum absolute atomic E-state index is 12.9. The average Bonchev–Trinajstić information content (AvgIpc) is 2.61. The molecule has 0 fully saturated rings. The molecule has 2 aromatic carbocycles. The van der Waals surface area contributed by atoms with E-state index in [1.807, 2.05) is 0 Å². The minimum Gasteiger partial charge on any atom is -0.325 e. The number of aromatic amines is 1. The van der Waals surface area contributed by atoms with Crippen molar-refractivity contribution >= 4 is 45.7 Å². The number of benzene rings is 2. The van der Waals surface area contributed by atoms with Crippen molar-refractivity contribution in [1.82, 2.24) is 14.9 Å². The van der Waals surface area contributed by atoms with Crippen LogP contribution in [0.3, 0.4) is 0 Å². The largest absolute Gasteiger partial charge is 0.417 e. The van der Waals surface area contributed by atoms with Gasteiger partial charge in [0.1, 0.15) is 5.82 Å². The molecule has 0 spiro atoms. The maximum atomic E-state index is 12.9. The molecule has 1 aromatic heterocycles. The van der Waals surface area contributed by atoms with E-state index in [9.17, 15) is 22.8 Å². The van der Waals surface area contributed by atoms with Gasteiger partial charge in [0.05, 0.1) is 34.6 Å². The Balaban J connectivity index is 1.68. The molecular formula is C19H15Cl2F3N4O2. The molecule has 3 rings (SSSR count). The first-order valence-corrected chi connectivity index (χ1v) is 9.32. The Morgan fingerprint density at radius 1 is 1.20 bits per heavy atom. The third-order valence-corrected chi connectivity index (χ3v) is 4.67. The van der Waals surface area contributed by atoms with E-state index in [1.54, 1.807) is 30.1 Å². The van der Waals surface area contributed by atoms with E-state index < -0.39 is 22.7 Å². The van der Waals surface area contributed by atoms with Crippen molar-refractivity contribution in [1.29, 1.82) is 0 Å². The first-order valence-electron chi connectivity index (χ1n) is 8.56. The van der Waals surface area contributed by atoms with Gasteiger partial charge in [-0.15, -0.1) is 0 Å². The number of alkyl halides is 3. The highest BCUT2D eigenvalue weighted by Gasteiger charge is 2.33. The third-order valence-electron chi connectivity index (χ3n) is 4.11. The Kier molecular flexibility index (Phi) is 6.35. The predicted octanol–water partition coefficient (Wildman–Crippen LogP) is 4.32. The molecule has 2 N–H and O–H groups in total.